The van der Waals surface area contributed by atoms with Crippen molar-refractivity contribution in [2.75, 3.05) is 11.9 Å². The van der Waals surface area contributed by atoms with Crippen molar-refractivity contribution in [3.8, 4) is 5.75 Å². The topological polar surface area (TPSA) is 85.6 Å². The van der Waals surface area contributed by atoms with Gasteiger partial charge < -0.3 is 10.1 Å². The SMILES string of the molecule is Cc1ccc(OCC(=O)Nc2ccccc2SCc2cc(=O)n3nc(C(C)C)sc3n2)cc1C. The summed E-state index contributed by atoms with van der Waals surface area (Å²) in [6.45, 7) is 8.04. The third kappa shape index (κ3) is 5.66. The van der Waals surface area contributed by atoms with E-state index in [2.05, 4.69) is 15.4 Å². The largest absolute Gasteiger partial charge is 0.484 e. The molecule has 0 bridgehead atoms. The van der Waals surface area contributed by atoms with Gasteiger partial charge in [-0.3, -0.25) is 9.59 Å². The number of hydrogen-bond donors (Lipinski definition) is 1. The molecule has 0 atom stereocenters. The summed E-state index contributed by atoms with van der Waals surface area (Å²) in [4.78, 5) is 31.1. The smallest absolute Gasteiger partial charge is 0.275 e. The van der Waals surface area contributed by atoms with Crippen LogP contribution in [-0.4, -0.2) is 27.1 Å². The van der Waals surface area contributed by atoms with Gasteiger partial charge in [0.2, 0.25) is 4.96 Å². The van der Waals surface area contributed by atoms with Gasteiger partial charge in [-0.2, -0.15) is 9.61 Å². The number of amides is 1. The van der Waals surface area contributed by atoms with Crippen LogP contribution in [-0.2, 0) is 10.5 Å². The monoisotopic (exact) mass is 494 g/mol. The van der Waals surface area contributed by atoms with E-state index in [1.54, 1.807) is 0 Å². The number of para-hydroxylation sites is 1. The Labute approximate surface area is 206 Å². The molecule has 0 aliphatic rings. The Hall–Kier alpha value is -3.17. The zero-order valence-electron chi connectivity index (χ0n) is 19.5. The quantitative estimate of drug-likeness (QED) is 0.339. The lowest BCUT2D eigenvalue weighted by Crippen LogP contribution is -2.20. The fourth-order valence-corrected chi connectivity index (χ4v) is 4.99. The summed E-state index contributed by atoms with van der Waals surface area (Å²) in [6, 6.07) is 14.8. The van der Waals surface area contributed by atoms with Gasteiger partial charge in [0.25, 0.3) is 11.5 Å². The number of aryl methyl sites for hydroxylation is 2. The molecular weight excluding hydrogens is 468 g/mol. The number of benzene rings is 2. The third-order valence-corrected chi connectivity index (χ3v) is 7.51. The van der Waals surface area contributed by atoms with Gasteiger partial charge in [-0.05, 0) is 49.2 Å². The molecule has 0 fully saturated rings. The molecule has 176 valence electrons. The van der Waals surface area contributed by atoms with Gasteiger partial charge in [0.05, 0.1) is 11.4 Å². The lowest BCUT2D eigenvalue weighted by molar-refractivity contribution is -0.118. The second-order valence-electron chi connectivity index (χ2n) is 8.24. The highest BCUT2D eigenvalue weighted by atomic mass is 32.2. The zero-order valence-corrected chi connectivity index (χ0v) is 21.1. The van der Waals surface area contributed by atoms with Crippen molar-refractivity contribution in [2.24, 2.45) is 0 Å². The average molecular weight is 495 g/mol. The van der Waals surface area contributed by atoms with Crippen molar-refractivity contribution >= 4 is 39.7 Å². The average Bonchev–Trinajstić information content (AvgIpc) is 3.25. The van der Waals surface area contributed by atoms with E-state index >= 15 is 0 Å². The minimum atomic E-state index is -0.241. The molecule has 0 saturated carbocycles. The highest BCUT2D eigenvalue weighted by Gasteiger charge is 2.13. The first-order valence-electron chi connectivity index (χ1n) is 10.9. The molecule has 7 nitrogen and oxygen atoms in total. The number of nitrogens with one attached hydrogen (secondary N) is 1. The number of hydrogen-bond acceptors (Lipinski definition) is 7. The summed E-state index contributed by atoms with van der Waals surface area (Å²) < 4.78 is 7.01. The van der Waals surface area contributed by atoms with E-state index < -0.39 is 0 Å². The van der Waals surface area contributed by atoms with Crippen molar-refractivity contribution in [1.29, 1.82) is 0 Å². The van der Waals surface area contributed by atoms with E-state index in [9.17, 15) is 9.59 Å². The number of ether oxygens (including phenoxy) is 1. The van der Waals surface area contributed by atoms with Crippen molar-refractivity contribution in [3.05, 3.63) is 80.7 Å². The Morgan fingerprint density at radius 3 is 2.71 bits per heavy atom. The number of fused-ring (bicyclic) bond motifs is 1. The van der Waals surface area contributed by atoms with Crippen LogP contribution in [0.25, 0.3) is 4.96 Å². The second kappa shape index (κ2) is 10.4. The molecule has 1 N–H and O–H groups in total. The highest BCUT2D eigenvalue weighted by Crippen LogP contribution is 2.30. The predicted octanol–water partition coefficient (Wildman–Crippen LogP) is 5.20. The first-order valence-corrected chi connectivity index (χ1v) is 12.7. The summed E-state index contributed by atoms with van der Waals surface area (Å²) in [5.74, 6) is 1.15. The van der Waals surface area contributed by atoms with E-state index in [1.165, 1.54) is 39.2 Å². The number of carbonyl (C=O) groups excluding carboxylic acids is 1. The number of rotatable bonds is 8. The van der Waals surface area contributed by atoms with Crippen LogP contribution in [0.15, 0.2) is 58.2 Å². The molecule has 0 unspecified atom stereocenters. The Bertz CT molecular complexity index is 1390. The summed E-state index contributed by atoms with van der Waals surface area (Å²) in [5.41, 5.74) is 3.47. The zero-order chi connectivity index (χ0) is 24.2. The van der Waals surface area contributed by atoms with Gasteiger partial charge >= 0.3 is 0 Å². The highest BCUT2D eigenvalue weighted by molar-refractivity contribution is 7.98. The van der Waals surface area contributed by atoms with Crippen LogP contribution in [0.2, 0.25) is 0 Å². The molecule has 4 aromatic rings. The number of carbonyl (C=O) groups is 1. The molecule has 0 aliphatic heterocycles. The minimum absolute atomic E-state index is 0.0833. The molecule has 34 heavy (non-hydrogen) atoms. The first-order chi connectivity index (χ1) is 16.3. The normalized spacial score (nSPS) is 11.2. The molecule has 1 amide bonds. The molecular formula is C25H26N4O3S2. The Morgan fingerprint density at radius 2 is 1.94 bits per heavy atom. The third-order valence-electron chi connectivity index (χ3n) is 5.19. The fraction of sp³-hybridized carbons (Fsp3) is 0.280. The molecule has 2 aromatic heterocycles. The number of thioether (sulfide) groups is 1. The maximum atomic E-state index is 12.5. The van der Waals surface area contributed by atoms with Crippen LogP contribution in [0, 0.1) is 13.8 Å². The molecule has 4 rings (SSSR count). The van der Waals surface area contributed by atoms with Gasteiger partial charge in [-0.25, -0.2) is 4.98 Å². The van der Waals surface area contributed by atoms with Crippen molar-refractivity contribution in [1.82, 2.24) is 14.6 Å². The van der Waals surface area contributed by atoms with Crippen LogP contribution >= 0.6 is 23.1 Å². The first kappa shape index (κ1) is 24.0. The van der Waals surface area contributed by atoms with E-state index in [0.717, 1.165) is 15.5 Å². The van der Waals surface area contributed by atoms with Gasteiger partial charge in [-0.15, -0.1) is 11.8 Å². The number of anilines is 1. The maximum absolute atomic E-state index is 12.5. The molecule has 0 saturated heterocycles. The Balaban J connectivity index is 1.41. The molecule has 0 radical (unpaired) electrons. The van der Waals surface area contributed by atoms with Crippen molar-refractivity contribution in [3.63, 3.8) is 0 Å². The van der Waals surface area contributed by atoms with Gasteiger partial charge in [-0.1, -0.05) is 43.4 Å². The number of aromatic nitrogens is 3. The van der Waals surface area contributed by atoms with Gasteiger partial charge in [0.15, 0.2) is 6.61 Å². The lowest BCUT2D eigenvalue weighted by atomic mass is 10.1. The van der Waals surface area contributed by atoms with Crippen molar-refractivity contribution < 1.29 is 9.53 Å². The summed E-state index contributed by atoms with van der Waals surface area (Å²) in [5, 5.41) is 8.16. The molecule has 2 aromatic carbocycles. The van der Waals surface area contributed by atoms with Crippen LogP contribution in [0.3, 0.4) is 0 Å². The Morgan fingerprint density at radius 1 is 1.15 bits per heavy atom. The Kier molecular flexibility index (Phi) is 7.33. The van der Waals surface area contributed by atoms with Crippen LogP contribution in [0.4, 0.5) is 5.69 Å². The standard InChI is InChI=1S/C25H26N4O3S2/c1-15(2)24-28-29-23(31)12-18(26-25(29)34-24)14-33-21-8-6-5-7-20(21)27-22(30)13-32-19-10-9-16(3)17(4)11-19/h5-12,15H,13-14H2,1-4H3,(H,27,30). The molecule has 2 heterocycles. The van der Waals surface area contributed by atoms with Crippen molar-refractivity contribution in [2.45, 2.75) is 44.3 Å². The fourth-order valence-electron chi connectivity index (χ4n) is 3.16. The summed E-state index contributed by atoms with van der Waals surface area (Å²) in [7, 11) is 0. The minimum Gasteiger partial charge on any atom is -0.484 e. The lowest BCUT2D eigenvalue weighted by Gasteiger charge is -2.12. The van der Waals surface area contributed by atoms with Gasteiger partial charge in [0, 0.05) is 22.6 Å². The number of nitrogens with zero attached hydrogens (tertiary/aromatic N) is 3. The summed E-state index contributed by atoms with van der Waals surface area (Å²) >= 11 is 2.94. The van der Waals surface area contributed by atoms with Crippen LogP contribution in [0.1, 0.15) is 41.6 Å². The molecule has 9 heteroatoms. The van der Waals surface area contributed by atoms with Crippen LogP contribution in [0.5, 0.6) is 5.75 Å². The summed E-state index contributed by atoms with van der Waals surface area (Å²) in [6.07, 6.45) is 0. The van der Waals surface area contributed by atoms with E-state index in [-0.39, 0.29) is 24.0 Å². The van der Waals surface area contributed by atoms with E-state index in [1.807, 2.05) is 70.2 Å². The molecule has 0 spiro atoms. The molecule has 0 aliphatic carbocycles. The maximum Gasteiger partial charge on any atom is 0.275 e. The van der Waals surface area contributed by atoms with Gasteiger partial charge in [0.1, 0.15) is 10.8 Å². The van der Waals surface area contributed by atoms with E-state index in [0.29, 0.717) is 27.8 Å². The predicted molar refractivity (Wildman–Crippen MR) is 137 cm³/mol. The second-order valence-corrected chi connectivity index (χ2v) is 10.2. The van der Waals surface area contributed by atoms with E-state index in [4.69, 9.17) is 4.74 Å². The van der Waals surface area contributed by atoms with Crippen LogP contribution < -0.4 is 15.6 Å².